The summed E-state index contributed by atoms with van der Waals surface area (Å²) in [6.45, 7) is 0. The minimum atomic E-state index is 0. The Morgan fingerprint density at radius 3 is 1.50 bits per heavy atom. The monoisotopic (exact) mass is 245 g/mol. The summed E-state index contributed by atoms with van der Waals surface area (Å²) in [6, 6.07) is 0. The predicted octanol–water partition coefficient (Wildman–Crippen LogP) is -2.63. The second-order valence-corrected chi connectivity index (χ2v) is 0.136. The van der Waals surface area contributed by atoms with Crippen LogP contribution in [0.15, 0.2) is 0 Å². The fourth-order valence-corrected chi connectivity index (χ4v) is 0. The van der Waals surface area contributed by atoms with Gasteiger partial charge in [0.05, 0.1) is 0 Å². The predicted molar refractivity (Wildman–Crippen MR) is 32.0 cm³/mol. The van der Waals surface area contributed by atoms with E-state index in [1.807, 2.05) is 0 Å². The van der Waals surface area contributed by atoms with E-state index in [-0.39, 0.29) is 93.2 Å². The molecule has 0 unspecified atom stereocenters. The molecule has 0 aromatic rings. The second kappa shape index (κ2) is 27.7. The van der Waals surface area contributed by atoms with E-state index in [1.165, 1.54) is 0 Å². The summed E-state index contributed by atoms with van der Waals surface area (Å²) >= 11 is 0. The maximum Gasteiger partial charge on any atom is 1.00 e. The number of hydrogen-bond donors (Lipinski definition) is 1. The van der Waals surface area contributed by atoms with Crippen LogP contribution in [-0.4, -0.2) is 6.41 Å². The summed E-state index contributed by atoms with van der Waals surface area (Å²) in [7, 11) is 0. The standard InChI is InChI=1S/CH3NO.2BrH.K.H/c2-1-3;;;;/h1H,(H2,2,3);2*1H;;/q;;;+1;-1. The molecule has 0 aromatic carbocycles. The molecule has 0 heterocycles. The van der Waals surface area contributed by atoms with Crippen molar-refractivity contribution in [2.75, 3.05) is 0 Å². The van der Waals surface area contributed by atoms with Gasteiger partial charge in [-0.2, -0.15) is 0 Å². The van der Waals surface area contributed by atoms with Crippen LogP contribution in [0.3, 0.4) is 0 Å². The van der Waals surface area contributed by atoms with Gasteiger partial charge in [0.25, 0.3) is 0 Å². The number of primary amides is 1. The van der Waals surface area contributed by atoms with E-state index >= 15 is 0 Å². The van der Waals surface area contributed by atoms with Gasteiger partial charge in [-0.05, 0) is 0 Å². The van der Waals surface area contributed by atoms with E-state index < -0.39 is 0 Å². The van der Waals surface area contributed by atoms with Crippen LogP contribution < -0.4 is 57.1 Å². The fraction of sp³-hybridized carbons (Fsp3) is 0. The molecule has 36 valence electrons. The molecule has 5 heteroatoms. The van der Waals surface area contributed by atoms with E-state index in [9.17, 15) is 0 Å². The first kappa shape index (κ1) is 24.4. The molecule has 6 heavy (non-hydrogen) atoms. The molecule has 2 nitrogen and oxygen atoms in total. The summed E-state index contributed by atoms with van der Waals surface area (Å²) in [5.41, 5.74) is 4.17. The van der Waals surface area contributed by atoms with Crippen LogP contribution in [0.4, 0.5) is 0 Å². The van der Waals surface area contributed by atoms with Gasteiger partial charge >= 0.3 is 51.4 Å². The topological polar surface area (TPSA) is 43.1 Å². The van der Waals surface area contributed by atoms with Crippen molar-refractivity contribution >= 4 is 40.4 Å². The Kier molecular flexibility index (Phi) is 112. The zero-order valence-corrected chi connectivity index (χ0v) is 9.93. The van der Waals surface area contributed by atoms with Crippen LogP contribution in [0, 0.1) is 0 Å². The van der Waals surface area contributed by atoms with Gasteiger partial charge in [0.2, 0.25) is 6.41 Å². The van der Waals surface area contributed by atoms with Gasteiger partial charge < -0.3 is 7.16 Å². The summed E-state index contributed by atoms with van der Waals surface area (Å²) in [6.07, 6.45) is 0.250. The largest absolute Gasteiger partial charge is 1.00 e. The van der Waals surface area contributed by atoms with E-state index in [4.69, 9.17) is 4.79 Å². The third kappa shape index (κ3) is 36.5. The van der Waals surface area contributed by atoms with Crippen LogP contribution in [0.25, 0.3) is 0 Å². The third-order valence-electron chi connectivity index (χ3n) is 0. The second-order valence-electron chi connectivity index (χ2n) is 0.136. The minimum absolute atomic E-state index is 0. The molecule has 0 saturated carbocycles. The molecular weight excluding hydrogens is 241 g/mol. The molecule has 0 aliphatic heterocycles. The molecule has 0 aromatic heterocycles. The zero-order chi connectivity index (χ0) is 2.71. The van der Waals surface area contributed by atoms with Crippen molar-refractivity contribution in [3.63, 3.8) is 0 Å². The van der Waals surface area contributed by atoms with Crippen LogP contribution in [-0.2, 0) is 4.79 Å². The summed E-state index contributed by atoms with van der Waals surface area (Å²) in [5, 5.41) is 0. The van der Waals surface area contributed by atoms with E-state index in [1.54, 1.807) is 0 Å². The van der Waals surface area contributed by atoms with Gasteiger partial charge in [0.15, 0.2) is 0 Å². The van der Waals surface area contributed by atoms with Gasteiger partial charge in [-0.25, -0.2) is 0 Å². The van der Waals surface area contributed by atoms with Crippen molar-refractivity contribution < 1.29 is 57.6 Å². The molecule has 0 rings (SSSR count). The van der Waals surface area contributed by atoms with Crippen molar-refractivity contribution in [2.45, 2.75) is 0 Å². The molecule has 1 amide bonds. The van der Waals surface area contributed by atoms with Crippen molar-refractivity contribution in [1.29, 1.82) is 0 Å². The Morgan fingerprint density at radius 2 is 1.50 bits per heavy atom. The molecule has 0 bridgehead atoms. The van der Waals surface area contributed by atoms with E-state index in [2.05, 4.69) is 5.73 Å². The van der Waals surface area contributed by atoms with Crippen LogP contribution >= 0.6 is 34.0 Å². The minimum Gasteiger partial charge on any atom is -1.00 e. The van der Waals surface area contributed by atoms with Crippen molar-refractivity contribution in [1.82, 2.24) is 0 Å². The summed E-state index contributed by atoms with van der Waals surface area (Å²) in [5.74, 6) is 0. The Balaban J connectivity index is -0.00000000333. The number of halogens is 2. The Labute approximate surface area is 102 Å². The van der Waals surface area contributed by atoms with Crippen molar-refractivity contribution in [3.05, 3.63) is 0 Å². The normalized spacial score (nSPS) is 2.00. The van der Waals surface area contributed by atoms with E-state index in [0.717, 1.165) is 0 Å². The van der Waals surface area contributed by atoms with Crippen LogP contribution in [0.2, 0.25) is 0 Å². The number of carbonyl (C=O) groups excluding carboxylic acids is 1. The van der Waals surface area contributed by atoms with Crippen molar-refractivity contribution in [2.24, 2.45) is 5.73 Å². The number of amides is 1. The maximum atomic E-state index is 8.58. The fourth-order valence-electron chi connectivity index (χ4n) is 0. The zero-order valence-electron chi connectivity index (χ0n) is 4.38. The maximum absolute atomic E-state index is 8.58. The average molecular weight is 247 g/mol. The van der Waals surface area contributed by atoms with Crippen LogP contribution in [0.5, 0.6) is 0 Å². The van der Waals surface area contributed by atoms with Gasteiger partial charge in [-0.15, -0.1) is 34.0 Å². The first-order valence-electron chi connectivity index (χ1n) is 0.569. The van der Waals surface area contributed by atoms with Gasteiger partial charge in [0, 0.05) is 0 Å². The molecule has 0 saturated heterocycles. The molecule has 0 spiro atoms. The number of nitrogens with two attached hydrogens (primary N) is 1. The third-order valence-corrected chi connectivity index (χ3v) is 0. The van der Waals surface area contributed by atoms with E-state index in [0.29, 0.717) is 0 Å². The van der Waals surface area contributed by atoms with Gasteiger partial charge in [-0.3, -0.25) is 4.79 Å². The smallest absolute Gasteiger partial charge is 1.00 e. The molecule has 0 aliphatic rings. The molecule has 0 radical (unpaired) electrons. The summed E-state index contributed by atoms with van der Waals surface area (Å²) in [4.78, 5) is 8.58. The van der Waals surface area contributed by atoms with Gasteiger partial charge in [-0.1, -0.05) is 0 Å². The molecule has 2 N–H and O–H groups in total. The first-order chi connectivity index (χ1) is 1.41. The molecule has 0 aliphatic carbocycles. The van der Waals surface area contributed by atoms with Crippen LogP contribution in [0.1, 0.15) is 1.43 Å². The number of hydrogen-bond acceptors (Lipinski definition) is 1. The summed E-state index contributed by atoms with van der Waals surface area (Å²) < 4.78 is 0. The first-order valence-corrected chi connectivity index (χ1v) is 0.569. The number of carbonyl (C=O) groups is 1. The SMILES string of the molecule is Br.Br.NC=O.[H-].[K+]. The van der Waals surface area contributed by atoms with Crippen molar-refractivity contribution in [3.8, 4) is 0 Å². The Hall–Kier alpha value is 2.07. The quantitative estimate of drug-likeness (QED) is 0.369. The van der Waals surface area contributed by atoms with Gasteiger partial charge in [0.1, 0.15) is 0 Å². The molecule has 0 atom stereocenters. The average Bonchev–Trinajstić information content (AvgIpc) is 0.918. The molecule has 0 fully saturated rings. The Bertz CT molecular complexity index is 25.2. The Morgan fingerprint density at radius 1 is 1.50 bits per heavy atom. The number of rotatable bonds is 0. The molecular formula is CH6Br2KNO.